The van der Waals surface area contributed by atoms with Crippen molar-refractivity contribution >= 4 is 46.2 Å². The average molecular weight is 401 g/mol. The van der Waals surface area contributed by atoms with Gasteiger partial charge in [0, 0.05) is 16.8 Å². The molecule has 1 N–H and O–H groups in total. The zero-order valence-corrected chi connectivity index (χ0v) is 15.2. The molecule has 0 aliphatic rings. The average Bonchev–Trinajstić information content (AvgIpc) is 3.05. The molecule has 134 valence electrons. The lowest BCUT2D eigenvalue weighted by Crippen LogP contribution is -1.82. The van der Waals surface area contributed by atoms with Crippen LogP contribution in [0.3, 0.4) is 0 Å². The van der Waals surface area contributed by atoms with Crippen LogP contribution in [0.2, 0.25) is 10.0 Å². The summed E-state index contributed by atoms with van der Waals surface area (Å²) >= 11 is 12.0. The van der Waals surface area contributed by atoms with Gasteiger partial charge < -0.3 is 9.52 Å². The van der Waals surface area contributed by atoms with Crippen LogP contribution in [-0.2, 0) is 0 Å². The molecule has 4 rings (SSSR count). The summed E-state index contributed by atoms with van der Waals surface area (Å²) in [5.41, 5.74) is 2.75. The lowest BCUT2D eigenvalue weighted by molar-refractivity contribution is 0.474. The number of phenolic OH excluding ortho intramolecular Hbond substituents is 1. The Bertz CT molecular complexity index is 1190. The maximum Gasteiger partial charge on any atom is 0.228 e. The quantitative estimate of drug-likeness (QED) is 0.404. The van der Waals surface area contributed by atoms with Crippen LogP contribution in [0.15, 0.2) is 64.0 Å². The van der Waals surface area contributed by atoms with E-state index < -0.39 is 5.82 Å². The fraction of sp³-hybridized carbons (Fsp3) is 0. The van der Waals surface area contributed by atoms with Gasteiger partial charge in [-0.2, -0.15) is 0 Å². The van der Waals surface area contributed by atoms with Crippen LogP contribution in [0.25, 0.3) is 22.6 Å². The van der Waals surface area contributed by atoms with E-state index in [0.717, 1.165) is 0 Å². The third-order valence-electron chi connectivity index (χ3n) is 3.87. The van der Waals surface area contributed by atoms with Crippen molar-refractivity contribution in [3.63, 3.8) is 0 Å². The smallest absolute Gasteiger partial charge is 0.228 e. The number of aromatic hydroxyl groups is 1. The van der Waals surface area contributed by atoms with Crippen LogP contribution in [0.1, 0.15) is 5.56 Å². The van der Waals surface area contributed by atoms with Crippen molar-refractivity contribution in [2.75, 3.05) is 0 Å². The van der Waals surface area contributed by atoms with E-state index in [-0.39, 0.29) is 10.8 Å². The third kappa shape index (κ3) is 3.65. The lowest BCUT2D eigenvalue weighted by Gasteiger charge is -1.99. The fourth-order valence-electron chi connectivity index (χ4n) is 2.55. The molecule has 7 heteroatoms. The van der Waals surface area contributed by atoms with Crippen LogP contribution < -0.4 is 0 Å². The number of fused-ring (bicyclic) bond motifs is 1. The molecule has 1 aromatic heterocycles. The minimum absolute atomic E-state index is 0.0823. The molecule has 4 nitrogen and oxygen atoms in total. The second-order valence-corrected chi connectivity index (χ2v) is 6.60. The molecule has 0 radical (unpaired) electrons. The Morgan fingerprint density at radius 3 is 2.70 bits per heavy atom. The van der Waals surface area contributed by atoms with Gasteiger partial charge in [-0.25, -0.2) is 9.37 Å². The predicted octanol–water partition coefficient (Wildman–Crippen LogP) is 6.40. The van der Waals surface area contributed by atoms with Crippen LogP contribution in [0.5, 0.6) is 5.75 Å². The van der Waals surface area contributed by atoms with E-state index in [0.29, 0.717) is 38.8 Å². The zero-order chi connectivity index (χ0) is 19.0. The van der Waals surface area contributed by atoms with Crippen molar-refractivity contribution < 1.29 is 13.9 Å². The van der Waals surface area contributed by atoms with Gasteiger partial charge in [0.15, 0.2) is 5.58 Å². The molecule has 4 aromatic rings. The van der Waals surface area contributed by atoms with Gasteiger partial charge in [-0.15, -0.1) is 0 Å². The number of hydrogen-bond donors (Lipinski definition) is 1. The normalized spacial score (nSPS) is 11.5. The highest BCUT2D eigenvalue weighted by Gasteiger charge is 2.12. The Balaban J connectivity index is 1.68. The first-order chi connectivity index (χ1) is 13.0. The van der Waals surface area contributed by atoms with Gasteiger partial charge in [0.2, 0.25) is 5.89 Å². The molecule has 0 atom stereocenters. The van der Waals surface area contributed by atoms with Gasteiger partial charge in [-0.1, -0.05) is 23.2 Å². The second kappa shape index (κ2) is 7.02. The number of oxazole rings is 1. The zero-order valence-electron chi connectivity index (χ0n) is 13.7. The van der Waals surface area contributed by atoms with Gasteiger partial charge in [0.05, 0.1) is 16.3 Å². The van der Waals surface area contributed by atoms with Gasteiger partial charge in [-0.05, 0) is 54.6 Å². The largest absolute Gasteiger partial charge is 0.507 e. The Morgan fingerprint density at radius 2 is 1.89 bits per heavy atom. The first-order valence-electron chi connectivity index (χ1n) is 7.88. The molecule has 0 saturated heterocycles. The summed E-state index contributed by atoms with van der Waals surface area (Å²) in [4.78, 5) is 8.74. The lowest BCUT2D eigenvalue weighted by atomic mass is 10.2. The molecule has 0 fully saturated rings. The molecule has 0 saturated carbocycles. The molecule has 3 aromatic carbocycles. The molecule has 0 unspecified atom stereocenters. The van der Waals surface area contributed by atoms with Crippen LogP contribution in [-0.4, -0.2) is 16.3 Å². The number of benzene rings is 3. The van der Waals surface area contributed by atoms with Crippen LogP contribution >= 0.6 is 23.2 Å². The number of aliphatic imine (C=N–C) groups is 1. The maximum atomic E-state index is 13.2. The second-order valence-electron chi connectivity index (χ2n) is 5.76. The monoisotopic (exact) mass is 400 g/mol. The summed E-state index contributed by atoms with van der Waals surface area (Å²) in [5.74, 6) is -0.0525. The standard InChI is InChI=1S/C20H11Cl2FN2O2/c21-12-1-5-18(26)11(7-12)10-24-14-3-6-19-17(9-14)25-20(27-19)15-4-2-13(23)8-16(15)22/h1-10,26H. The first kappa shape index (κ1) is 17.5. The highest BCUT2D eigenvalue weighted by Crippen LogP contribution is 2.32. The van der Waals surface area contributed by atoms with Crippen LogP contribution in [0, 0.1) is 5.82 Å². The SMILES string of the molecule is Oc1ccc(Cl)cc1C=Nc1ccc2oc(-c3ccc(F)cc3Cl)nc2c1. The van der Waals surface area contributed by atoms with E-state index in [1.54, 1.807) is 30.3 Å². The minimum atomic E-state index is -0.430. The molecule has 0 spiro atoms. The molecule has 0 bridgehead atoms. The number of rotatable bonds is 3. The van der Waals surface area contributed by atoms with Gasteiger partial charge in [-0.3, -0.25) is 4.99 Å². The van der Waals surface area contributed by atoms with Crippen molar-refractivity contribution in [2.24, 2.45) is 4.99 Å². The van der Waals surface area contributed by atoms with E-state index in [1.807, 2.05) is 0 Å². The van der Waals surface area contributed by atoms with E-state index in [9.17, 15) is 9.50 Å². The topological polar surface area (TPSA) is 58.6 Å². The first-order valence-corrected chi connectivity index (χ1v) is 8.64. The maximum absolute atomic E-state index is 13.2. The fourth-order valence-corrected chi connectivity index (χ4v) is 2.98. The van der Waals surface area contributed by atoms with Gasteiger partial charge in [0.1, 0.15) is 17.1 Å². The van der Waals surface area contributed by atoms with Gasteiger partial charge >= 0.3 is 0 Å². The summed E-state index contributed by atoms with van der Waals surface area (Å²) in [7, 11) is 0. The number of halogens is 3. The summed E-state index contributed by atoms with van der Waals surface area (Å²) in [5, 5.41) is 10.6. The van der Waals surface area contributed by atoms with E-state index >= 15 is 0 Å². The van der Waals surface area contributed by atoms with E-state index in [2.05, 4.69) is 9.98 Å². The predicted molar refractivity (Wildman–Crippen MR) is 105 cm³/mol. The van der Waals surface area contributed by atoms with Gasteiger partial charge in [0.25, 0.3) is 0 Å². The Hall–Kier alpha value is -2.89. The highest BCUT2D eigenvalue weighted by atomic mass is 35.5. The number of aromatic nitrogens is 1. The molecule has 0 amide bonds. The summed E-state index contributed by atoms with van der Waals surface area (Å²) in [6.07, 6.45) is 1.51. The van der Waals surface area contributed by atoms with E-state index in [4.69, 9.17) is 27.6 Å². The summed E-state index contributed by atoms with van der Waals surface area (Å²) in [6.45, 7) is 0. The Labute approximate surface area is 163 Å². The number of nitrogens with zero attached hydrogens (tertiary/aromatic N) is 2. The van der Waals surface area contributed by atoms with Crippen LogP contribution in [0.4, 0.5) is 10.1 Å². The highest BCUT2D eigenvalue weighted by molar-refractivity contribution is 6.33. The Morgan fingerprint density at radius 1 is 1.04 bits per heavy atom. The van der Waals surface area contributed by atoms with Crippen molar-refractivity contribution in [1.82, 2.24) is 4.98 Å². The van der Waals surface area contributed by atoms with Crippen molar-refractivity contribution in [2.45, 2.75) is 0 Å². The summed E-state index contributed by atoms with van der Waals surface area (Å²) in [6, 6.07) is 13.9. The van der Waals surface area contributed by atoms with Crippen molar-refractivity contribution in [3.05, 3.63) is 76.0 Å². The van der Waals surface area contributed by atoms with Crippen molar-refractivity contribution in [1.29, 1.82) is 0 Å². The molecule has 1 heterocycles. The number of phenols is 1. The molecular weight excluding hydrogens is 390 g/mol. The number of hydrogen-bond acceptors (Lipinski definition) is 4. The molecular formula is C20H11Cl2FN2O2. The third-order valence-corrected chi connectivity index (χ3v) is 4.42. The van der Waals surface area contributed by atoms with E-state index in [1.165, 1.54) is 30.5 Å². The summed E-state index contributed by atoms with van der Waals surface area (Å²) < 4.78 is 18.9. The Kier molecular flexibility index (Phi) is 4.56. The molecule has 0 aliphatic heterocycles. The molecule has 0 aliphatic carbocycles. The molecule has 27 heavy (non-hydrogen) atoms. The van der Waals surface area contributed by atoms with Crippen molar-refractivity contribution in [3.8, 4) is 17.2 Å². The minimum Gasteiger partial charge on any atom is -0.507 e.